The van der Waals surface area contributed by atoms with E-state index in [1.807, 2.05) is 36.4 Å². The number of amides is 2. The average molecular weight is 521 g/mol. The molecule has 0 radical (unpaired) electrons. The molecule has 0 heterocycles. The number of phenolic OH excluding ortho intramolecular Hbond substituents is 1. The summed E-state index contributed by atoms with van der Waals surface area (Å²) >= 11 is 12.0. The summed E-state index contributed by atoms with van der Waals surface area (Å²) in [5, 5.41) is 15.9. The van der Waals surface area contributed by atoms with Gasteiger partial charge in [-0.05, 0) is 72.6 Å². The minimum atomic E-state index is -0.485. The van der Waals surface area contributed by atoms with Crippen LogP contribution in [-0.2, 0) is 6.42 Å². The number of carbonyl (C=O) groups is 2. The van der Waals surface area contributed by atoms with E-state index in [1.165, 1.54) is 18.2 Å². The first-order valence-electron chi connectivity index (χ1n) is 11.1. The van der Waals surface area contributed by atoms with Crippen molar-refractivity contribution in [2.24, 2.45) is 0 Å². The molecule has 0 aromatic heterocycles. The molecule has 36 heavy (non-hydrogen) atoms. The number of nitrogens with one attached hydrogen (secondary N) is 2. The third-order valence-electron chi connectivity index (χ3n) is 5.26. The predicted octanol–water partition coefficient (Wildman–Crippen LogP) is 6.72. The van der Waals surface area contributed by atoms with Gasteiger partial charge in [-0.15, -0.1) is 0 Å². The lowest BCUT2D eigenvalue weighted by molar-refractivity contribution is 0.0954. The Morgan fingerprint density at radius 1 is 0.806 bits per heavy atom. The van der Waals surface area contributed by atoms with Gasteiger partial charge < -0.3 is 20.5 Å². The first-order valence-corrected chi connectivity index (χ1v) is 11.8. The highest BCUT2D eigenvalue weighted by atomic mass is 35.5. The third-order valence-corrected chi connectivity index (χ3v) is 5.80. The van der Waals surface area contributed by atoms with Crippen LogP contribution in [0.4, 0.5) is 5.69 Å². The van der Waals surface area contributed by atoms with Crippen molar-refractivity contribution in [1.29, 1.82) is 0 Å². The smallest absolute Gasteiger partial charge is 0.255 e. The maximum Gasteiger partial charge on any atom is 0.255 e. The summed E-state index contributed by atoms with van der Waals surface area (Å²) in [5.74, 6) is 0.0544. The van der Waals surface area contributed by atoms with Crippen LogP contribution in [0.5, 0.6) is 17.2 Å². The fourth-order valence-electron chi connectivity index (χ4n) is 3.46. The quantitative estimate of drug-likeness (QED) is 0.240. The Hall–Kier alpha value is -4.00. The highest BCUT2D eigenvalue weighted by molar-refractivity contribution is 6.32. The maximum absolute atomic E-state index is 13.1. The van der Waals surface area contributed by atoms with Crippen molar-refractivity contribution in [3.8, 4) is 17.2 Å². The van der Waals surface area contributed by atoms with Crippen LogP contribution in [0.15, 0.2) is 91.0 Å². The largest absolute Gasteiger partial charge is 0.506 e. The molecule has 2 amide bonds. The van der Waals surface area contributed by atoms with Gasteiger partial charge in [-0.2, -0.15) is 0 Å². The lowest BCUT2D eigenvalue weighted by atomic mass is 10.1. The fraction of sp³-hybridized carbons (Fsp3) is 0.0714. The number of aromatic hydroxyl groups is 1. The second-order valence-corrected chi connectivity index (χ2v) is 8.72. The minimum absolute atomic E-state index is 0.0493. The van der Waals surface area contributed by atoms with Crippen molar-refractivity contribution in [2.75, 3.05) is 11.9 Å². The van der Waals surface area contributed by atoms with Gasteiger partial charge in [0.05, 0.1) is 16.3 Å². The Morgan fingerprint density at radius 2 is 1.61 bits per heavy atom. The molecule has 0 fully saturated rings. The van der Waals surface area contributed by atoms with E-state index < -0.39 is 5.91 Å². The molecular formula is C28H22Cl2N2O4. The lowest BCUT2D eigenvalue weighted by Gasteiger charge is -2.14. The van der Waals surface area contributed by atoms with E-state index in [-0.39, 0.29) is 27.8 Å². The number of ether oxygens (including phenoxy) is 1. The number of rotatable bonds is 8. The van der Waals surface area contributed by atoms with Gasteiger partial charge >= 0.3 is 0 Å². The van der Waals surface area contributed by atoms with Crippen molar-refractivity contribution in [3.63, 3.8) is 0 Å². The van der Waals surface area contributed by atoms with Crippen LogP contribution in [-0.4, -0.2) is 23.5 Å². The topological polar surface area (TPSA) is 87.7 Å². The molecule has 3 N–H and O–H groups in total. The zero-order chi connectivity index (χ0) is 25.5. The van der Waals surface area contributed by atoms with Crippen LogP contribution in [0.25, 0.3) is 0 Å². The molecule has 0 saturated heterocycles. The molecule has 0 atom stereocenters. The highest BCUT2D eigenvalue weighted by Crippen LogP contribution is 2.28. The van der Waals surface area contributed by atoms with Crippen LogP contribution in [0.2, 0.25) is 10.0 Å². The summed E-state index contributed by atoms with van der Waals surface area (Å²) in [4.78, 5) is 26.0. The number of carbonyl (C=O) groups excluding carboxylic acids is 2. The summed E-state index contributed by atoms with van der Waals surface area (Å²) in [7, 11) is 0. The van der Waals surface area contributed by atoms with Crippen molar-refractivity contribution < 1.29 is 19.4 Å². The van der Waals surface area contributed by atoms with E-state index in [4.69, 9.17) is 27.9 Å². The molecule has 8 heteroatoms. The number of hydrogen-bond acceptors (Lipinski definition) is 4. The lowest BCUT2D eigenvalue weighted by Crippen LogP contribution is -2.27. The Morgan fingerprint density at radius 3 is 2.36 bits per heavy atom. The van der Waals surface area contributed by atoms with Gasteiger partial charge in [-0.3, -0.25) is 9.59 Å². The number of halogens is 2. The first kappa shape index (κ1) is 25.1. The van der Waals surface area contributed by atoms with Crippen LogP contribution >= 0.6 is 23.2 Å². The van der Waals surface area contributed by atoms with Gasteiger partial charge in [0.1, 0.15) is 17.2 Å². The van der Waals surface area contributed by atoms with Crippen molar-refractivity contribution in [3.05, 3.63) is 118 Å². The Labute approximate surface area is 218 Å². The van der Waals surface area contributed by atoms with Crippen LogP contribution in [0.3, 0.4) is 0 Å². The molecule has 0 aliphatic carbocycles. The van der Waals surface area contributed by atoms with Gasteiger partial charge in [0.15, 0.2) is 0 Å². The summed E-state index contributed by atoms with van der Waals surface area (Å²) in [5.41, 5.74) is 1.74. The standard InChI is InChI=1S/C28H22Cl2N2O4/c29-20-6-4-5-18(15-20)13-14-31-28(35)23-17-22(36-21-7-2-1-3-8-21)10-11-25(23)32-27(34)19-9-12-26(33)24(30)16-19/h1-12,15-17,33H,13-14H2,(H,31,35)(H,32,34). The molecule has 0 aliphatic heterocycles. The van der Waals surface area contributed by atoms with E-state index in [0.29, 0.717) is 35.2 Å². The van der Waals surface area contributed by atoms with E-state index in [0.717, 1.165) is 5.56 Å². The Balaban J connectivity index is 1.55. The molecule has 0 spiro atoms. The molecular weight excluding hydrogens is 499 g/mol. The second kappa shape index (κ2) is 11.6. The Bertz CT molecular complexity index is 1390. The number of para-hydroxylation sites is 1. The van der Waals surface area contributed by atoms with E-state index in [9.17, 15) is 14.7 Å². The number of benzene rings is 4. The summed E-state index contributed by atoms with van der Waals surface area (Å²) in [6.45, 7) is 0.365. The summed E-state index contributed by atoms with van der Waals surface area (Å²) < 4.78 is 5.88. The minimum Gasteiger partial charge on any atom is -0.506 e. The molecule has 0 aliphatic rings. The molecule has 4 aromatic carbocycles. The van der Waals surface area contributed by atoms with Crippen molar-refractivity contribution in [1.82, 2.24) is 5.32 Å². The molecule has 4 rings (SSSR count). The third kappa shape index (κ3) is 6.56. The van der Waals surface area contributed by atoms with Gasteiger partial charge in [-0.25, -0.2) is 0 Å². The monoisotopic (exact) mass is 520 g/mol. The van der Waals surface area contributed by atoms with Crippen molar-refractivity contribution >= 4 is 40.7 Å². The summed E-state index contributed by atoms with van der Waals surface area (Å²) in [6, 6.07) is 25.5. The van der Waals surface area contributed by atoms with E-state index in [1.54, 1.807) is 36.4 Å². The predicted molar refractivity (Wildman–Crippen MR) is 142 cm³/mol. The fourth-order valence-corrected chi connectivity index (χ4v) is 3.85. The first-order chi connectivity index (χ1) is 17.4. The highest BCUT2D eigenvalue weighted by Gasteiger charge is 2.17. The van der Waals surface area contributed by atoms with E-state index >= 15 is 0 Å². The van der Waals surface area contributed by atoms with Crippen LogP contribution in [0, 0.1) is 0 Å². The van der Waals surface area contributed by atoms with Gasteiger partial charge in [0, 0.05) is 17.1 Å². The molecule has 0 unspecified atom stereocenters. The summed E-state index contributed by atoms with van der Waals surface area (Å²) in [6.07, 6.45) is 0.584. The van der Waals surface area contributed by atoms with Crippen LogP contribution in [0.1, 0.15) is 26.3 Å². The second-order valence-electron chi connectivity index (χ2n) is 7.88. The Kier molecular flexibility index (Phi) is 8.10. The van der Waals surface area contributed by atoms with Gasteiger partial charge in [0.25, 0.3) is 11.8 Å². The van der Waals surface area contributed by atoms with E-state index in [2.05, 4.69) is 10.6 Å². The SMILES string of the molecule is O=C(Nc1ccc(Oc2ccccc2)cc1C(=O)NCCc1cccc(Cl)c1)c1ccc(O)c(Cl)c1. The number of phenols is 1. The number of hydrogen-bond donors (Lipinski definition) is 3. The van der Waals surface area contributed by atoms with Gasteiger partial charge in [-0.1, -0.05) is 53.5 Å². The zero-order valence-electron chi connectivity index (χ0n) is 19.0. The normalized spacial score (nSPS) is 10.5. The molecule has 6 nitrogen and oxygen atoms in total. The molecule has 182 valence electrons. The number of anilines is 1. The molecule has 0 bridgehead atoms. The van der Waals surface area contributed by atoms with Gasteiger partial charge in [0.2, 0.25) is 0 Å². The van der Waals surface area contributed by atoms with Crippen LogP contribution < -0.4 is 15.4 Å². The zero-order valence-corrected chi connectivity index (χ0v) is 20.5. The molecule has 0 saturated carbocycles. The van der Waals surface area contributed by atoms with Crippen molar-refractivity contribution in [2.45, 2.75) is 6.42 Å². The molecule has 4 aromatic rings. The maximum atomic E-state index is 13.1. The average Bonchev–Trinajstić information content (AvgIpc) is 2.87.